The predicted molar refractivity (Wildman–Crippen MR) is 90.4 cm³/mol. The molecule has 0 spiro atoms. The maximum Gasteiger partial charge on any atom is 0.255 e. The number of hydrogen-bond donors (Lipinski definition) is 0. The number of hydrogen-bond acceptors (Lipinski definition) is 2. The van der Waals surface area contributed by atoms with Gasteiger partial charge in [0, 0.05) is 17.6 Å². The molecule has 0 radical (unpaired) electrons. The van der Waals surface area contributed by atoms with Crippen LogP contribution in [0.1, 0.15) is 22.3 Å². The molecule has 0 aromatic heterocycles. The topological polar surface area (TPSA) is 44.1 Å². The number of halogens is 1. The third kappa shape index (κ3) is 4.44. The van der Waals surface area contributed by atoms with Gasteiger partial charge in [0.25, 0.3) is 5.91 Å². The quantitative estimate of drug-likeness (QED) is 0.783. The Hall–Kier alpha value is -2.12. The van der Waals surface area contributed by atoms with Crippen molar-refractivity contribution in [3.8, 4) is 6.07 Å². The lowest BCUT2D eigenvalue weighted by atomic mass is 10.1. The van der Waals surface area contributed by atoms with Gasteiger partial charge in [0.15, 0.2) is 0 Å². The van der Waals surface area contributed by atoms with E-state index in [0.717, 1.165) is 10.9 Å². The average molecular weight is 357 g/mol. The van der Waals surface area contributed by atoms with E-state index in [1.807, 2.05) is 48.5 Å². The number of carbonyl (C=O) groups is 1. The molecular weight excluding hydrogens is 340 g/mol. The highest BCUT2D eigenvalue weighted by Crippen LogP contribution is 2.18. The zero-order chi connectivity index (χ0) is 15.8. The molecule has 0 saturated heterocycles. The van der Waals surface area contributed by atoms with Crippen molar-refractivity contribution in [2.24, 2.45) is 0 Å². The lowest BCUT2D eigenvalue weighted by Crippen LogP contribution is -2.34. The number of carbonyl (C=O) groups excluding carboxylic acids is 1. The highest BCUT2D eigenvalue weighted by molar-refractivity contribution is 9.10. The van der Waals surface area contributed by atoms with Crippen LogP contribution in [0.15, 0.2) is 59.1 Å². The fraction of sp³-hybridized carbons (Fsp3) is 0.222. The van der Waals surface area contributed by atoms with Crippen molar-refractivity contribution in [2.45, 2.75) is 12.8 Å². The van der Waals surface area contributed by atoms with Crippen molar-refractivity contribution in [1.82, 2.24) is 4.90 Å². The van der Waals surface area contributed by atoms with Crippen molar-refractivity contribution < 1.29 is 4.79 Å². The zero-order valence-electron chi connectivity index (χ0n) is 12.2. The Morgan fingerprint density at radius 3 is 2.41 bits per heavy atom. The van der Waals surface area contributed by atoms with Crippen molar-refractivity contribution in [2.75, 3.05) is 13.1 Å². The highest BCUT2D eigenvalue weighted by atomic mass is 79.9. The van der Waals surface area contributed by atoms with E-state index in [9.17, 15) is 4.79 Å². The molecule has 3 nitrogen and oxygen atoms in total. The van der Waals surface area contributed by atoms with Crippen LogP contribution < -0.4 is 0 Å². The fourth-order valence-electron chi connectivity index (χ4n) is 2.21. The first-order chi connectivity index (χ1) is 10.7. The van der Waals surface area contributed by atoms with Crippen molar-refractivity contribution >= 4 is 21.8 Å². The largest absolute Gasteiger partial charge is 0.337 e. The molecule has 2 rings (SSSR count). The Kier molecular flexibility index (Phi) is 6.17. The second kappa shape index (κ2) is 8.35. The molecule has 0 heterocycles. The van der Waals surface area contributed by atoms with E-state index in [2.05, 4.69) is 22.0 Å². The molecule has 0 unspecified atom stereocenters. The Balaban J connectivity index is 2.10. The summed E-state index contributed by atoms with van der Waals surface area (Å²) in [6, 6.07) is 19.5. The van der Waals surface area contributed by atoms with Gasteiger partial charge in [-0.1, -0.05) is 42.5 Å². The molecule has 0 aliphatic carbocycles. The van der Waals surface area contributed by atoms with Crippen LogP contribution in [0.3, 0.4) is 0 Å². The molecule has 0 bridgehead atoms. The molecular formula is C18H17BrN2O. The highest BCUT2D eigenvalue weighted by Gasteiger charge is 2.17. The molecule has 0 saturated carbocycles. The number of benzene rings is 2. The molecule has 112 valence electrons. The number of amides is 1. The van der Waals surface area contributed by atoms with Crippen LogP contribution in [0.5, 0.6) is 0 Å². The third-order valence-electron chi connectivity index (χ3n) is 3.40. The summed E-state index contributed by atoms with van der Waals surface area (Å²) in [4.78, 5) is 14.4. The first-order valence-electron chi connectivity index (χ1n) is 7.17. The lowest BCUT2D eigenvalue weighted by molar-refractivity contribution is 0.0760. The molecule has 4 heteroatoms. The van der Waals surface area contributed by atoms with Gasteiger partial charge >= 0.3 is 0 Å². The van der Waals surface area contributed by atoms with Gasteiger partial charge in [-0.05, 0) is 40.0 Å². The van der Waals surface area contributed by atoms with E-state index in [4.69, 9.17) is 5.26 Å². The summed E-state index contributed by atoms with van der Waals surface area (Å²) >= 11 is 3.42. The smallest absolute Gasteiger partial charge is 0.255 e. The summed E-state index contributed by atoms with van der Waals surface area (Å²) in [6.45, 7) is 1.05. The molecule has 2 aromatic carbocycles. The Labute approximate surface area is 139 Å². The Morgan fingerprint density at radius 1 is 1.05 bits per heavy atom. The summed E-state index contributed by atoms with van der Waals surface area (Å²) in [5, 5.41) is 8.81. The van der Waals surface area contributed by atoms with Gasteiger partial charge in [0.1, 0.15) is 0 Å². The van der Waals surface area contributed by atoms with Crippen LogP contribution in [-0.2, 0) is 6.42 Å². The molecule has 0 fully saturated rings. The fourth-order valence-corrected chi connectivity index (χ4v) is 2.67. The van der Waals surface area contributed by atoms with Crippen LogP contribution in [0, 0.1) is 11.3 Å². The minimum absolute atomic E-state index is 0.0429. The monoisotopic (exact) mass is 356 g/mol. The van der Waals surface area contributed by atoms with Crippen molar-refractivity contribution in [3.63, 3.8) is 0 Å². The second-order valence-corrected chi connectivity index (χ2v) is 5.77. The lowest BCUT2D eigenvalue weighted by Gasteiger charge is -2.22. The third-order valence-corrected chi connectivity index (χ3v) is 4.09. The van der Waals surface area contributed by atoms with E-state index >= 15 is 0 Å². The van der Waals surface area contributed by atoms with Gasteiger partial charge in [-0.25, -0.2) is 0 Å². The van der Waals surface area contributed by atoms with Gasteiger partial charge in [0.05, 0.1) is 18.1 Å². The minimum atomic E-state index is -0.0429. The van der Waals surface area contributed by atoms with Crippen molar-refractivity contribution in [1.29, 1.82) is 5.26 Å². The van der Waals surface area contributed by atoms with Crippen LogP contribution in [0.25, 0.3) is 0 Å². The first-order valence-corrected chi connectivity index (χ1v) is 7.96. The van der Waals surface area contributed by atoms with Gasteiger partial charge in [-0.2, -0.15) is 5.26 Å². The number of rotatable bonds is 6. The van der Waals surface area contributed by atoms with E-state index in [1.165, 1.54) is 5.56 Å². The minimum Gasteiger partial charge on any atom is -0.337 e. The molecule has 0 atom stereocenters. The van der Waals surface area contributed by atoms with E-state index in [-0.39, 0.29) is 5.91 Å². The van der Waals surface area contributed by atoms with Gasteiger partial charge in [-0.3, -0.25) is 4.79 Å². The summed E-state index contributed by atoms with van der Waals surface area (Å²) < 4.78 is 0.779. The Bertz CT molecular complexity index is 664. The molecule has 2 aromatic rings. The maximum absolute atomic E-state index is 12.7. The first kappa shape index (κ1) is 16.3. The predicted octanol–water partition coefficient (Wildman–Crippen LogP) is 4.05. The van der Waals surface area contributed by atoms with Crippen LogP contribution >= 0.6 is 15.9 Å². The number of nitrogens with zero attached hydrogens (tertiary/aromatic N) is 2. The second-order valence-electron chi connectivity index (χ2n) is 4.92. The number of nitriles is 1. The van der Waals surface area contributed by atoms with Gasteiger partial charge < -0.3 is 4.90 Å². The average Bonchev–Trinajstić information content (AvgIpc) is 2.56. The van der Waals surface area contributed by atoms with E-state index in [0.29, 0.717) is 25.1 Å². The van der Waals surface area contributed by atoms with Crippen LogP contribution in [-0.4, -0.2) is 23.9 Å². The van der Waals surface area contributed by atoms with Gasteiger partial charge in [-0.15, -0.1) is 0 Å². The molecule has 22 heavy (non-hydrogen) atoms. The Morgan fingerprint density at radius 2 is 1.73 bits per heavy atom. The summed E-state index contributed by atoms with van der Waals surface area (Å²) in [7, 11) is 0. The van der Waals surface area contributed by atoms with Crippen molar-refractivity contribution in [3.05, 3.63) is 70.2 Å². The molecule has 0 N–H and O–H groups in total. The zero-order valence-corrected chi connectivity index (χ0v) is 13.8. The standard InChI is InChI=1S/C18H17BrN2O/c19-17-10-5-4-9-16(17)18(22)21(13-6-12-20)14-11-15-7-2-1-3-8-15/h1-5,7-10H,6,11,13-14H2. The maximum atomic E-state index is 12.7. The molecule has 0 aliphatic heterocycles. The SMILES string of the molecule is N#CCCN(CCc1ccccc1)C(=O)c1ccccc1Br. The van der Waals surface area contributed by atoms with Gasteiger partial charge in [0.2, 0.25) is 0 Å². The summed E-state index contributed by atoms with van der Waals surface area (Å²) in [5.41, 5.74) is 1.82. The van der Waals surface area contributed by atoms with Crippen LogP contribution in [0.2, 0.25) is 0 Å². The summed E-state index contributed by atoms with van der Waals surface area (Å²) in [5.74, 6) is -0.0429. The van der Waals surface area contributed by atoms with Crippen LogP contribution in [0.4, 0.5) is 0 Å². The van der Waals surface area contributed by atoms with E-state index in [1.54, 1.807) is 11.0 Å². The van der Waals surface area contributed by atoms with E-state index < -0.39 is 0 Å². The molecule has 1 amide bonds. The molecule has 0 aliphatic rings. The normalized spacial score (nSPS) is 10.0. The summed E-state index contributed by atoms with van der Waals surface area (Å²) in [6.07, 6.45) is 1.12.